The van der Waals surface area contributed by atoms with E-state index in [-0.39, 0.29) is 24.2 Å². The van der Waals surface area contributed by atoms with Crippen LogP contribution in [0.4, 0.5) is 4.39 Å². The highest BCUT2D eigenvalue weighted by Crippen LogP contribution is 2.40. The van der Waals surface area contributed by atoms with Crippen molar-refractivity contribution in [2.75, 3.05) is 40.5 Å². The van der Waals surface area contributed by atoms with Crippen LogP contribution in [-0.2, 0) is 20.9 Å². The molecule has 0 unspecified atom stereocenters. The number of likely N-dealkylation sites (tertiary alicyclic amines) is 2. The van der Waals surface area contributed by atoms with Gasteiger partial charge in [-0.05, 0) is 37.5 Å². The number of rotatable bonds is 6. The summed E-state index contributed by atoms with van der Waals surface area (Å²) in [7, 11) is 3.10. The molecule has 1 atom stereocenters. The summed E-state index contributed by atoms with van der Waals surface area (Å²) in [6.07, 6.45) is 2.63. The SMILES string of the molecule is COCCC(=O)N1CC[C@@]2(CCCN(Cc3cc(OC)ccc3F)C2=O)C1. The third kappa shape index (κ3) is 4.08. The third-order valence-corrected chi connectivity index (χ3v) is 5.66. The minimum Gasteiger partial charge on any atom is -0.497 e. The Morgan fingerprint density at radius 3 is 2.81 bits per heavy atom. The number of ether oxygens (including phenoxy) is 2. The molecule has 2 saturated heterocycles. The molecule has 1 aromatic carbocycles. The van der Waals surface area contributed by atoms with E-state index in [4.69, 9.17) is 9.47 Å². The molecular formula is C20H27FN2O4. The van der Waals surface area contributed by atoms with Gasteiger partial charge < -0.3 is 19.3 Å². The van der Waals surface area contributed by atoms with Crippen LogP contribution in [0.3, 0.4) is 0 Å². The molecule has 0 N–H and O–H groups in total. The molecule has 0 bridgehead atoms. The Labute approximate surface area is 159 Å². The lowest BCUT2D eigenvalue weighted by Crippen LogP contribution is -2.50. The van der Waals surface area contributed by atoms with Crippen molar-refractivity contribution in [3.8, 4) is 5.75 Å². The molecule has 1 aromatic rings. The number of carbonyl (C=O) groups is 2. The molecule has 2 amide bonds. The summed E-state index contributed by atoms with van der Waals surface area (Å²) < 4.78 is 24.3. The monoisotopic (exact) mass is 378 g/mol. The normalized spacial score (nSPS) is 22.6. The van der Waals surface area contributed by atoms with Crippen LogP contribution in [0, 0.1) is 11.2 Å². The summed E-state index contributed by atoms with van der Waals surface area (Å²) in [5, 5.41) is 0. The molecule has 2 aliphatic heterocycles. The number of nitrogens with zero attached hydrogens (tertiary/aromatic N) is 2. The smallest absolute Gasteiger partial charge is 0.230 e. The zero-order valence-corrected chi connectivity index (χ0v) is 16.0. The standard InChI is InChI=1S/C20H27FN2O4/c1-26-11-6-18(24)23-10-8-20(14-23)7-3-9-22(19(20)25)13-15-12-16(27-2)4-5-17(15)21/h4-5,12H,3,6-11,13-14H2,1-2H3/t20-/m0/s1. The van der Waals surface area contributed by atoms with Crippen LogP contribution in [-0.4, -0.2) is 62.1 Å². The molecule has 2 heterocycles. The van der Waals surface area contributed by atoms with Crippen molar-refractivity contribution in [1.82, 2.24) is 9.80 Å². The first-order chi connectivity index (χ1) is 13.0. The molecular weight excluding hydrogens is 351 g/mol. The summed E-state index contributed by atoms with van der Waals surface area (Å²) in [4.78, 5) is 29.0. The molecule has 6 nitrogen and oxygen atoms in total. The fourth-order valence-electron chi connectivity index (χ4n) is 4.12. The number of methoxy groups -OCH3 is 2. The van der Waals surface area contributed by atoms with E-state index in [1.165, 1.54) is 13.2 Å². The van der Waals surface area contributed by atoms with E-state index in [1.54, 1.807) is 29.0 Å². The largest absolute Gasteiger partial charge is 0.497 e. The molecule has 148 valence electrons. The molecule has 3 rings (SSSR count). The minimum absolute atomic E-state index is 0.0255. The van der Waals surface area contributed by atoms with E-state index in [0.29, 0.717) is 50.4 Å². The molecule has 0 aliphatic carbocycles. The Hall–Kier alpha value is -2.15. The number of carbonyl (C=O) groups excluding carboxylic acids is 2. The molecule has 2 fully saturated rings. The number of hydrogen-bond donors (Lipinski definition) is 0. The lowest BCUT2D eigenvalue weighted by atomic mass is 9.78. The Bertz CT molecular complexity index is 711. The average molecular weight is 378 g/mol. The molecule has 1 spiro atoms. The van der Waals surface area contributed by atoms with E-state index < -0.39 is 5.41 Å². The van der Waals surface area contributed by atoms with E-state index in [9.17, 15) is 14.0 Å². The predicted octanol–water partition coefficient (Wildman–Crippen LogP) is 2.21. The van der Waals surface area contributed by atoms with Crippen molar-refractivity contribution in [2.24, 2.45) is 5.41 Å². The second-order valence-corrected chi connectivity index (χ2v) is 7.38. The molecule has 27 heavy (non-hydrogen) atoms. The maximum atomic E-state index is 14.2. The molecule has 0 saturated carbocycles. The Kier molecular flexibility index (Phi) is 5.99. The van der Waals surface area contributed by atoms with Gasteiger partial charge in [0.1, 0.15) is 11.6 Å². The third-order valence-electron chi connectivity index (χ3n) is 5.66. The zero-order valence-electron chi connectivity index (χ0n) is 16.0. The van der Waals surface area contributed by atoms with Crippen LogP contribution in [0.25, 0.3) is 0 Å². The van der Waals surface area contributed by atoms with Gasteiger partial charge in [-0.3, -0.25) is 9.59 Å². The van der Waals surface area contributed by atoms with Gasteiger partial charge in [0.05, 0.1) is 25.6 Å². The van der Waals surface area contributed by atoms with E-state index in [0.717, 1.165) is 12.8 Å². The van der Waals surface area contributed by atoms with Gasteiger partial charge in [-0.25, -0.2) is 4.39 Å². The number of hydrogen-bond acceptors (Lipinski definition) is 4. The second kappa shape index (κ2) is 8.25. The highest BCUT2D eigenvalue weighted by atomic mass is 19.1. The van der Waals surface area contributed by atoms with Gasteiger partial charge in [0.2, 0.25) is 11.8 Å². The van der Waals surface area contributed by atoms with Gasteiger partial charge in [-0.2, -0.15) is 0 Å². The molecule has 0 radical (unpaired) electrons. The quantitative estimate of drug-likeness (QED) is 0.762. The first kappa shape index (κ1) is 19.6. The topological polar surface area (TPSA) is 59.1 Å². The van der Waals surface area contributed by atoms with Crippen LogP contribution in [0.2, 0.25) is 0 Å². The predicted molar refractivity (Wildman–Crippen MR) is 97.7 cm³/mol. The lowest BCUT2D eigenvalue weighted by molar-refractivity contribution is -0.147. The van der Waals surface area contributed by atoms with Crippen molar-refractivity contribution in [3.05, 3.63) is 29.6 Å². The highest BCUT2D eigenvalue weighted by Gasteiger charge is 2.49. The van der Waals surface area contributed by atoms with E-state index >= 15 is 0 Å². The van der Waals surface area contributed by atoms with E-state index in [1.807, 2.05) is 0 Å². The first-order valence-corrected chi connectivity index (χ1v) is 9.37. The number of piperidine rings is 1. The van der Waals surface area contributed by atoms with Crippen molar-refractivity contribution in [2.45, 2.75) is 32.2 Å². The molecule has 0 aromatic heterocycles. The van der Waals surface area contributed by atoms with Crippen LogP contribution < -0.4 is 4.74 Å². The average Bonchev–Trinajstić information content (AvgIpc) is 3.10. The number of amides is 2. The van der Waals surface area contributed by atoms with Crippen molar-refractivity contribution >= 4 is 11.8 Å². The first-order valence-electron chi connectivity index (χ1n) is 9.37. The Balaban J connectivity index is 1.70. The van der Waals surface area contributed by atoms with Gasteiger partial charge in [0.25, 0.3) is 0 Å². The van der Waals surface area contributed by atoms with Gasteiger partial charge in [-0.1, -0.05) is 0 Å². The highest BCUT2D eigenvalue weighted by molar-refractivity contribution is 5.86. The van der Waals surface area contributed by atoms with Gasteiger partial charge in [0.15, 0.2) is 0 Å². The Morgan fingerprint density at radius 1 is 1.26 bits per heavy atom. The summed E-state index contributed by atoms with van der Waals surface area (Å²) in [5.41, 5.74) is -0.0816. The van der Waals surface area contributed by atoms with Crippen LogP contribution in [0.1, 0.15) is 31.2 Å². The summed E-state index contributed by atoms with van der Waals surface area (Å²) in [6, 6.07) is 4.57. The van der Waals surface area contributed by atoms with Gasteiger partial charge >= 0.3 is 0 Å². The van der Waals surface area contributed by atoms with E-state index in [2.05, 4.69) is 0 Å². The zero-order chi connectivity index (χ0) is 19.4. The summed E-state index contributed by atoms with van der Waals surface area (Å²) >= 11 is 0. The van der Waals surface area contributed by atoms with Crippen LogP contribution >= 0.6 is 0 Å². The fraction of sp³-hybridized carbons (Fsp3) is 0.600. The van der Waals surface area contributed by atoms with Crippen molar-refractivity contribution < 1.29 is 23.5 Å². The van der Waals surface area contributed by atoms with Crippen LogP contribution in [0.5, 0.6) is 5.75 Å². The van der Waals surface area contributed by atoms with Crippen molar-refractivity contribution in [3.63, 3.8) is 0 Å². The maximum absolute atomic E-state index is 14.2. The van der Waals surface area contributed by atoms with Gasteiger partial charge in [-0.15, -0.1) is 0 Å². The lowest BCUT2D eigenvalue weighted by Gasteiger charge is -2.39. The molecule has 7 heteroatoms. The second-order valence-electron chi connectivity index (χ2n) is 7.38. The summed E-state index contributed by atoms with van der Waals surface area (Å²) in [6.45, 7) is 2.26. The van der Waals surface area contributed by atoms with Crippen molar-refractivity contribution in [1.29, 1.82) is 0 Å². The fourth-order valence-corrected chi connectivity index (χ4v) is 4.12. The summed E-state index contributed by atoms with van der Waals surface area (Å²) in [5.74, 6) is 0.280. The Morgan fingerprint density at radius 2 is 2.07 bits per heavy atom. The molecule has 2 aliphatic rings. The van der Waals surface area contributed by atoms with Crippen LogP contribution in [0.15, 0.2) is 18.2 Å². The minimum atomic E-state index is -0.531. The van der Waals surface area contributed by atoms with Gasteiger partial charge in [0, 0.05) is 38.9 Å². The maximum Gasteiger partial charge on any atom is 0.230 e. The number of benzene rings is 1. The number of halogens is 1.